The molecule has 0 bridgehead atoms. The average Bonchev–Trinajstić information content (AvgIpc) is 2.61. The van der Waals surface area contributed by atoms with Gasteiger partial charge in [-0.3, -0.25) is 9.69 Å². The molecular formula is C15H14N2O2. The summed E-state index contributed by atoms with van der Waals surface area (Å²) in [6, 6.07) is 9.06. The van der Waals surface area contributed by atoms with E-state index in [1.165, 1.54) is 0 Å². The van der Waals surface area contributed by atoms with Crippen LogP contribution >= 0.6 is 0 Å². The highest BCUT2D eigenvalue weighted by atomic mass is 16.2. The quantitative estimate of drug-likeness (QED) is 0.773. The number of anilines is 1. The highest BCUT2D eigenvalue weighted by Crippen LogP contribution is 2.38. The number of allylic oxidation sites excluding steroid dienone is 1. The summed E-state index contributed by atoms with van der Waals surface area (Å²) < 4.78 is 0. The van der Waals surface area contributed by atoms with E-state index in [2.05, 4.69) is 4.99 Å². The highest BCUT2D eigenvalue weighted by Gasteiger charge is 2.49. The molecule has 0 aromatic heterocycles. The molecule has 2 aliphatic rings. The number of benzene rings is 1. The van der Waals surface area contributed by atoms with Crippen LogP contribution in [0.1, 0.15) is 20.3 Å². The summed E-state index contributed by atoms with van der Waals surface area (Å²) in [4.78, 5) is 29.8. The lowest BCUT2D eigenvalue weighted by atomic mass is 9.80. The van der Waals surface area contributed by atoms with Crippen LogP contribution in [0.3, 0.4) is 0 Å². The maximum Gasteiger partial charge on any atom is 0.349 e. The summed E-state index contributed by atoms with van der Waals surface area (Å²) >= 11 is 0. The Balaban J connectivity index is 2.13. The molecule has 1 heterocycles. The number of urea groups is 1. The van der Waals surface area contributed by atoms with Crippen molar-refractivity contribution in [1.82, 2.24) is 0 Å². The SMILES string of the molecule is CC1=CC(=O)CC2(C)C1=NC(=O)N2c1ccccc1. The van der Waals surface area contributed by atoms with E-state index in [1.54, 1.807) is 11.0 Å². The Labute approximate surface area is 111 Å². The number of ketones is 1. The van der Waals surface area contributed by atoms with Crippen LogP contribution in [0.2, 0.25) is 0 Å². The monoisotopic (exact) mass is 254 g/mol. The Hall–Kier alpha value is -2.23. The van der Waals surface area contributed by atoms with Gasteiger partial charge < -0.3 is 0 Å². The van der Waals surface area contributed by atoms with Crippen molar-refractivity contribution in [3.8, 4) is 0 Å². The third-order valence-corrected chi connectivity index (χ3v) is 3.69. The second-order valence-corrected chi connectivity index (χ2v) is 5.16. The molecule has 0 N–H and O–H groups in total. The first kappa shape index (κ1) is 11.8. The number of hydrogen-bond donors (Lipinski definition) is 0. The second-order valence-electron chi connectivity index (χ2n) is 5.16. The van der Waals surface area contributed by atoms with Gasteiger partial charge in [-0.05, 0) is 37.6 Å². The van der Waals surface area contributed by atoms with Gasteiger partial charge in [0.15, 0.2) is 5.78 Å². The van der Waals surface area contributed by atoms with Gasteiger partial charge in [0, 0.05) is 12.1 Å². The fourth-order valence-corrected chi connectivity index (χ4v) is 2.93. The molecular weight excluding hydrogens is 240 g/mol. The summed E-state index contributed by atoms with van der Waals surface area (Å²) in [7, 11) is 0. The Morgan fingerprint density at radius 1 is 1.21 bits per heavy atom. The van der Waals surface area contributed by atoms with E-state index in [9.17, 15) is 9.59 Å². The van der Waals surface area contributed by atoms with E-state index in [0.29, 0.717) is 5.71 Å². The lowest BCUT2D eigenvalue weighted by molar-refractivity contribution is -0.115. The van der Waals surface area contributed by atoms with Crippen LogP contribution in [0.25, 0.3) is 0 Å². The average molecular weight is 254 g/mol. The van der Waals surface area contributed by atoms with E-state index in [0.717, 1.165) is 11.3 Å². The van der Waals surface area contributed by atoms with Crippen molar-refractivity contribution in [3.63, 3.8) is 0 Å². The fourth-order valence-electron chi connectivity index (χ4n) is 2.93. The number of aliphatic imine (C=N–C) groups is 1. The van der Waals surface area contributed by atoms with Crippen molar-refractivity contribution in [2.45, 2.75) is 25.8 Å². The Morgan fingerprint density at radius 3 is 2.58 bits per heavy atom. The van der Waals surface area contributed by atoms with Gasteiger partial charge in [0.25, 0.3) is 0 Å². The van der Waals surface area contributed by atoms with Crippen LogP contribution in [0, 0.1) is 0 Å². The van der Waals surface area contributed by atoms with Gasteiger partial charge in [-0.25, -0.2) is 4.79 Å². The van der Waals surface area contributed by atoms with Crippen molar-refractivity contribution in [3.05, 3.63) is 42.0 Å². The molecule has 0 spiro atoms. The first-order chi connectivity index (χ1) is 9.02. The maximum atomic E-state index is 12.2. The van der Waals surface area contributed by atoms with Crippen molar-refractivity contribution < 1.29 is 9.59 Å². The molecule has 1 aliphatic carbocycles. The van der Waals surface area contributed by atoms with E-state index < -0.39 is 5.54 Å². The predicted octanol–water partition coefficient (Wildman–Crippen LogP) is 2.75. The van der Waals surface area contributed by atoms with Crippen LogP contribution in [-0.2, 0) is 4.79 Å². The standard InChI is InChI=1S/C15H14N2O2/c1-10-8-12(18)9-15(2)13(10)16-14(19)17(15)11-6-4-3-5-7-11/h3-8H,9H2,1-2H3. The molecule has 4 heteroatoms. The Bertz CT molecular complexity index is 631. The summed E-state index contributed by atoms with van der Waals surface area (Å²) in [5.74, 6) is 0.0366. The molecule has 3 rings (SSSR count). The largest absolute Gasteiger partial charge is 0.349 e. The van der Waals surface area contributed by atoms with Gasteiger partial charge in [0.2, 0.25) is 0 Å². The molecule has 1 aromatic rings. The number of amides is 2. The first-order valence-corrected chi connectivity index (χ1v) is 6.22. The molecule has 96 valence electrons. The number of fused-ring (bicyclic) bond motifs is 1. The van der Waals surface area contributed by atoms with Crippen molar-refractivity contribution >= 4 is 23.2 Å². The smallest absolute Gasteiger partial charge is 0.295 e. The molecule has 0 fully saturated rings. The number of carbonyl (C=O) groups excluding carboxylic acids is 2. The molecule has 0 saturated carbocycles. The van der Waals surface area contributed by atoms with Crippen molar-refractivity contribution in [1.29, 1.82) is 0 Å². The Morgan fingerprint density at radius 2 is 1.89 bits per heavy atom. The minimum absolute atomic E-state index is 0.0366. The number of para-hydroxylation sites is 1. The molecule has 1 aliphatic heterocycles. The second kappa shape index (κ2) is 3.88. The van der Waals surface area contributed by atoms with E-state index in [-0.39, 0.29) is 18.2 Å². The van der Waals surface area contributed by atoms with Gasteiger partial charge in [0.05, 0.1) is 11.3 Å². The lowest BCUT2D eigenvalue weighted by Gasteiger charge is -2.37. The number of nitrogens with zero attached hydrogens (tertiary/aromatic N) is 2. The maximum absolute atomic E-state index is 12.2. The first-order valence-electron chi connectivity index (χ1n) is 6.22. The van der Waals surface area contributed by atoms with Crippen LogP contribution < -0.4 is 4.90 Å². The third-order valence-electron chi connectivity index (χ3n) is 3.69. The zero-order valence-corrected chi connectivity index (χ0v) is 10.9. The molecule has 4 nitrogen and oxygen atoms in total. The van der Waals surface area contributed by atoms with Crippen LogP contribution in [0.5, 0.6) is 0 Å². The fraction of sp³-hybridized carbons (Fsp3) is 0.267. The molecule has 19 heavy (non-hydrogen) atoms. The van der Waals surface area contributed by atoms with E-state index >= 15 is 0 Å². The summed E-state index contributed by atoms with van der Waals surface area (Å²) in [5.41, 5.74) is 1.61. The van der Waals surface area contributed by atoms with Gasteiger partial charge >= 0.3 is 6.03 Å². The van der Waals surface area contributed by atoms with Gasteiger partial charge in [-0.2, -0.15) is 4.99 Å². The number of hydrogen-bond acceptors (Lipinski definition) is 2. The van der Waals surface area contributed by atoms with Crippen LogP contribution in [0.4, 0.5) is 10.5 Å². The minimum Gasteiger partial charge on any atom is -0.295 e. The minimum atomic E-state index is -0.658. The van der Waals surface area contributed by atoms with Gasteiger partial charge in [0.1, 0.15) is 0 Å². The predicted molar refractivity (Wildman–Crippen MR) is 73.5 cm³/mol. The molecule has 2 amide bonds. The number of carbonyl (C=O) groups is 2. The van der Waals surface area contributed by atoms with E-state index in [1.807, 2.05) is 44.2 Å². The molecule has 1 aromatic carbocycles. The van der Waals surface area contributed by atoms with Gasteiger partial charge in [-0.15, -0.1) is 0 Å². The lowest BCUT2D eigenvalue weighted by Crippen LogP contribution is -2.52. The summed E-state index contributed by atoms with van der Waals surface area (Å²) in [6.45, 7) is 3.73. The summed E-state index contributed by atoms with van der Waals surface area (Å²) in [5, 5.41) is 0. The van der Waals surface area contributed by atoms with E-state index in [4.69, 9.17) is 0 Å². The molecule has 0 radical (unpaired) electrons. The third kappa shape index (κ3) is 1.63. The number of rotatable bonds is 1. The summed E-state index contributed by atoms with van der Waals surface area (Å²) in [6.07, 6.45) is 1.85. The normalized spacial score (nSPS) is 26.1. The van der Waals surface area contributed by atoms with Crippen molar-refractivity contribution in [2.75, 3.05) is 4.90 Å². The highest BCUT2D eigenvalue weighted by molar-refractivity contribution is 6.27. The molecule has 0 saturated heterocycles. The molecule has 1 atom stereocenters. The Kier molecular flexibility index (Phi) is 2.42. The zero-order valence-electron chi connectivity index (χ0n) is 10.9. The molecule has 1 unspecified atom stereocenters. The zero-order chi connectivity index (χ0) is 13.6. The van der Waals surface area contributed by atoms with Crippen LogP contribution in [-0.4, -0.2) is 23.1 Å². The van der Waals surface area contributed by atoms with Crippen molar-refractivity contribution in [2.24, 2.45) is 4.99 Å². The van der Waals surface area contributed by atoms with Crippen LogP contribution in [0.15, 0.2) is 47.0 Å². The van der Waals surface area contributed by atoms with Gasteiger partial charge in [-0.1, -0.05) is 18.2 Å². The topological polar surface area (TPSA) is 49.7 Å².